The van der Waals surface area contributed by atoms with Crippen molar-refractivity contribution in [2.45, 2.75) is 0 Å². The first-order valence-corrected chi connectivity index (χ1v) is 7.31. The third kappa shape index (κ3) is 2.92. The maximum Gasteiger partial charge on any atom is 0.215 e. The molecule has 1 saturated heterocycles. The number of aromatic nitrogens is 2. The maximum atomic E-state index is 12.5. The van der Waals surface area contributed by atoms with Gasteiger partial charge in [0.15, 0.2) is 0 Å². The summed E-state index contributed by atoms with van der Waals surface area (Å²) in [5, 5.41) is 0. The van der Waals surface area contributed by atoms with Crippen molar-refractivity contribution in [3.63, 3.8) is 0 Å². The van der Waals surface area contributed by atoms with Gasteiger partial charge in [0.05, 0.1) is 5.56 Å². The van der Waals surface area contributed by atoms with Crippen LogP contribution >= 0.6 is 0 Å². The molecule has 0 atom stereocenters. The summed E-state index contributed by atoms with van der Waals surface area (Å²) in [6.45, 7) is 3.82. The summed E-state index contributed by atoms with van der Waals surface area (Å²) >= 11 is 0. The Morgan fingerprint density at radius 1 is 1.14 bits per heavy atom. The van der Waals surface area contributed by atoms with E-state index in [9.17, 15) is 4.79 Å². The normalized spacial score (nSPS) is 15.8. The molecule has 3 heterocycles. The van der Waals surface area contributed by atoms with E-state index in [-0.39, 0.29) is 11.6 Å². The number of nitrogens with zero attached hydrogens (tertiary/aromatic N) is 4. The van der Waals surface area contributed by atoms with Crippen molar-refractivity contribution in [3.8, 4) is 0 Å². The Balaban J connectivity index is 1.85. The van der Waals surface area contributed by atoms with Crippen molar-refractivity contribution in [1.82, 2.24) is 14.9 Å². The highest BCUT2D eigenvalue weighted by Gasteiger charge is 2.18. The summed E-state index contributed by atoms with van der Waals surface area (Å²) in [5.41, 5.74) is 6.57. The Morgan fingerprint density at radius 3 is 2.64 bits per heavy atom. The molecule has 0 amide bonds. The summed E-state index contributed by atoms with van der Waals surface area (Å²) in [4.78, 5) is 25.5. The zero-order valence-corrected chi connectivity index (χ0v) is 12.6. The molecule has 0 aromatic carbocycles. The summed E-state index contributed by atoms with van der Waals surface area (Å²) in [6.07, 6.45) is 1.57. The van der Waals surface area contributed by atoms with Gasteiger partial charge in [-0.25, -0.2) is 9.97 Å². The number of nitrogen functional groups attached to an aromatic ring is 1. The second kappa shape index (κ2) is 6.11. The molecule has 114 valence electrons. The highest BCUT2D eigenvalue weighted by atomic mass is 16.1. The van der Waals surface area contributed by atoms with Crippen LogP contribution in [-0.2, 0) is 0 Å². The summed E-state index contributed by atoms with van der Waals surface area (Å²) < 4.78 is 0. The molecule has 22 heavy (non-hydrogen) atoms. The minimum atomic E-state index is -0.193. The highest BCUT2D eigenvalue weighted by molar-refractivity contribution is 6.10. The Bertz CT molecular complexity index is 680. The zero-order chi connectivity index (χ0) is 15.5. The average molecular weight is 297 g/mol. The number of rotatable bonds is 3. The lowest BCUT2D eigenvalue weighted by molar-refractivity contribution is 0.103. The van der Waals surface area contributed by atoms with Crippen LogP contribution in [0.5, 0.6) is 0 Å². The second-order valence-corrected chi connectivity index (χ2v) is 5.44. The summed E-state index contributed by atoms with van der Waals surface area (Å²) in [5.74, 6) is 0.877. The molecule has 1 fully saturated rings. The Hall–Kier alpha value is -2.47. The van der Waals surface area contributed by atoms with Crippen molar-refractivity contribution in [2.75, 3.05) is 43.9 Å². The number of hydrogen-bond donors (Lipinski definition) is 1. The third-order valence-electron chi connectivity index (χ3n) is 3.88. The van der Waals surface area contributed by atoms with Gasteiger partial charge in [0.2, 0.25) is 5.78 Å². The number of likely N-dealkylation sites (N-methyl/N-ethyl adjacent to an activating group) is 1. The van der Waals surface area contributed by atoms with Crippen molar-refractivity contribution >= 4 is 17.4 Å². The molecule has 2 aromatic rings. The number of nitrogens with two attached hydrogens (primary N) is 1. The van der Waals surface area contributed by atoms with E-state index in [4.69, 9.17) is 5.73 Å². The third-order valence-corrected chi connectivity index (χ3v) is 3.88. The summed E-state index contributed by atoms with van der Waals surface area (Å²) in [7, 11) is 2.11. The van der Waals surface area contributed by atoms with Gasteiger partial charge in [-0.3, -0.25) is 4.79 Å². The fourth-order valence-electron chi connectivity index (χ4n) is 2.51. The fraction of sp³-hybridized carbons (Fsp3) is 0.312. The van der Waals surface area contributed by atoms with Gasteiger partial charge < -0.3 is 15.5 Å². The van der Waals surface area contributed by atoms with E-state index < -0.39 is 0 Å². The van der Waals surface area contributed by atoms with Gasteiger partial charge in [-0.1, -0.05) is 6.07 Å². The van der Waals surface area contributed by atoms with Gasteiger partial charge in [0.1, 0.15) is 17.3 Å². The maximum absolute atomic E-state index is 12.5. The van der Waals surface area contributed by atoms with Crippen LogP contribution in [0.15, 0.2) is 36.5 Å². The summed E-state index contributed by atoms with van der Waals surface area (Å²) in [6, 6.07) is 8.90. The van der Waals surface area contributed by atoms with Crippen LogP contribution in [-0.4, -0.2) is 53.9 Å². The molecule has 0 saturated carbocycles. The van der Waals surface area contributed by atoms with Gasteiger partial charge in [-0.15, -0.1) is 0 Å². The fourth-order valence-corrected chi connectivity index (χ4v) is 2.51. The number of hydrogen-bond acceptors (Lipinski definition) is 6. The molecule has 0 bridgehead atoms. The number of carbonyl (C=O) groups is 1. The SMILES string of the molecule is CN1CCN(c2cccc(C(=O)c3cccnc3N)n2)CC1. The standard InChI is InChI=1S/C16H19N5O/c1-20-8-10-21(11-9-20)14-6-2-5-13(19-14)15(22)12-4-3-7-18-16(12)17/h2-7H,8-11H2,1H3,(H2,17,18). The van der Waals surface area contributed by atoms with Crippen LogP contribution in [0.2, 0.25) is 0 Å². The lowest BCUT2D eigenvalue weighted by atomic mass is 10.1. The minimum absolute atomic E-state index is 0.193. The van der Waals surface area contributed by atoms with E-state index in [1.807, 2.05) is 12.1 Å². The molecule has 2 N–H and O–H groups in total. The van der Waals surface area contributed by atoms with Gasteiger partial charge in [0.25, 0.3) is 0 Å². The molecule has 6 heteroatoms. The Kier molecular flexibility index (Phi) is 4.02. The van der Waals surface area contributed by atoms with Gasteiger partial charge in [-0.05, 0) is 31.3 Å². The molecule has 3 rings (SSSR count). The molecule has 1 aliphatic rings. The first-order valence-electron chi connectivity index (χ1n) is 7.31. The molecular formula is C16H19N5O. The monoisotopic (exact) mass is 297 g/mol. The average Bonchev–Trinajstić information content (AvgIpc) is 2.55. The molecule has 0 radical (unpaired) electrons. The largest absolute Gasteiger partial charge is 0.383 e. The van der Waals surface area contributed by atoms with Gasteiger partial charge >= 0.3 is 0 Å². The van der Waals surface area contributed by atoms with E-state index in [0.29, 0.717) is 11.3 Å². The molecule has 2 aromatic heterocycles. The Labute approximate surface area is 129 Å². The van der Waals surface area contributed by atoms with Crippen LogP contribution in [0.1, 0.15) is 16.1 Å². The van der Waals surface area contributed by atoms with Crippen LogP contribution < -0.4 is 10.6 Å². The minimum Gasteiger partial charge on any atom is -0.383 e. The van der Waals surface area contributed by atoms with Gasteiger partial charge in [-0.2, -0.15) is 0 Å². The molecule has 0 aliphatic carbocycles. The number of anilines is 2. The second-order valence-electron chi connectivity index (χ2n) is 5.44. The quantitative estimate of drug-likeness (QED) is 0.853. The number of ketones is 1. The predicted octanol–water partition coefficient (Wildman–Crippen LogP) is 1.04. The molecule has 6 nitrogen and oxygen atoms in total. The van der Waals surface area contributed by atoms with E-state index >= 15 is 0 Å². The van der Waals surface area contributed by atoms with Crippen LogP contribution in [0.4, 0.5) is 11.6 Å². The topological polar surface area (TPSA) is 75.3 Å². The van der Waals surface area contributed by atoms with Crippen molar-refractivity contribution in [3.05, 3.63) is 47.8 Å². The van der Waals surface area contributed by atoms with Crippen molar-refractivity contribution in [2.24, 2.45) is 0 Å². The first-order chi connectivity index (χ1) is 10.6. The lowest BCUT2D eigenvalue weighted by Gasteiger charge is -2.33. The molecule has 0 unspecified atom stereocenters. The Morgan fingerprint density at radius 2 is 1.91 bits per heavy atom. The van der Waals surface area contributed by atoms with E-state index in [0.717, 1.165) is 32.0 Å². The highest BCUT2D eigenvalue weighted by Crippen LogP contribution is 2.17. The number of piperazine rings is 1. The molecule has 0 spiro atoms. The van der Waals surface area contributed by atoms with E-state index in [1.165, 1.54) is 0 Å². The molecular weight excluding hydrogens is 278 g/mol. The lowest BCUT2D eigenvalue weighted by Crippen LogP contribution is -2.44. The van der Waals surface area contributed by atoms with Crippen molar-refractivity contribution in [1.29, 1.82) is 0 Å². The number of pyridine rings is 2. The van der Waals surface area contributed by atoms with Crippen LogP contribution in [0, 0.1) is 0 Å². The van der Waals surface area contributed by atoms with Crippen molar-refractivity contribution < 1.29 is 4.79 Å². The number of carbonyl (C=O) groups excluding carboxylic acids is 1. The first kappa shape index (κ1) is 14.5. The van der Waals surface area contributed by atoms with E-state index in [2.05, 4.69) is 26.8 Å². The zero-order valence-electron chi connectivity index (χ0n) is 12.6. The van der Waals surface area contributed by atoms with Crippen LogP contribution in [0.3, 0.4) is 0 Å². The molecule has 1 aliphatic heterocycles. The predicted molar refractivity (Wildman–Crippen MR) is 86.0 cm³/mol. The van der Waals surface area contributed by atoms with E-state index in [1.54, 1.807) is 24.4 Å². The smallest absolute Gasteiger partial charge is 0.215 e. The van der Waals surface area contributed by atoms with Crippen LogP contribution in [0.25, 0.3) is 0 Å². The van der Waals surface area contributed by atoms with Gasteiger partial charge in [0, 0.05) is 32.4 Å².